The molecule has 0 unspecified atom stereocenters. The highest BCUT2D eigenvalue weighted by Crippen LogP contribution is 2.17. The van der Waals surface area contributed by atoms with Gasteiger partial charge in [0.25, 0.3) is 0 Å². The highest BCUT2D eigenvalue weighted by Gasteiger charge is 2.19. The molecule has 0 atom stereocenters. The summed E-state index contributed by atoms with van der Waals surface area (Å²) >= 11 is 0. The van der Waals surface area contributed by atoms with E-state index in [4.69, 9.17) is 10.5 Å². The van der Waals surface area contributed by atoms with Gasteiger partial charge in [0.15, 0.2) is 5.96 Å². The molecule has 2 saturated heterocycles. The molecule has 0 aromatic heterocycles. The van der Waals surface area contributed by atoms with Gasteiger partial charge in [-0.3, -0.25) is 4.99 Å². The number of rotatable bonds is 5. The van der Waals surface area contributed by atoms with Crippen LogP contribution in [-0.2, 0) is 4.74 Å². The summed E-state index contributed by atoms with van der Waals surface area (Å²) in [5.41, 5.74) is 6.11. The topological polar surface area (TPSA) is 54.1 Å². The molecule has 2 heterocycles. The molecule has 2 aliphatic heterocycles. The van der Waals surface area contributed by atoms with Crippen LogP contribution >= 0.6 is 24.0 Å². The van der Waals surface area contributed by atoms with Gasteiger partial charge in [0.05, 0.1) is 6.61 Å². The second-order valence-electron chi connectivity index (χ2n) is 6.02. The zero-order chi connectivity index (χ0) is 14.2. The lowest BCUT2D eigenvalue weighted by molar-refractivity contribution is 0.121. The minimum absolute atomic E-state index is 0. The number of aliphatic imine (C=N–C) groups is 1. The number of hydrogen-bond donors (Lipinski definition) is 1. The van der Waals surface area contributed by atoms with E-state index in [1.54, 1.807) is 7.11 Å². The lowest BCUT2D eigenvalue weighted by Gasteiger charge is -2.31. The lowest BCUT2D eigenvalue weighted by Crippen LogP contribution is -2.41. The molecule has 0 saturated carbocycles. The molecule has 2 fully saturated rings. The van der Waals surface area contributed by atoms with Crippen molar-refractivity contribution in [3.05, 3.63) is 0 Å². The van der Waals surface area contributed by atoms with Crippen LogP contribution in [0.15, 0.2) is 4.99 Å². The Bertz CT molecular complexity index is 300. The van der Waals surface area contributed by atoms with Crippen molar-refractivity contribution < 1.29 is 4.74 Å². The van der Waals surface area contributed by atoms with Crippen molar-refractivity contribution in [1.82, 2.24) is 9.80 Å². The van der Waals surface area contributed by atoms with Crippen molar-refractivity contribution in [2.45, 2.75) is 32.1 Å². The third kappa shape index (κ3) is 6.69. The number of hydrogen-bond acceptors (Lipinski definition) is 3. The van der Waals surface area contributed by atoms with E-state index < -0.39 is 0 Å². The molecule has 0 radical (unpaired) electrons. The van der Waals surface area contributed by atoms with Gasteiger partial charge in [0, 0.05) is 33.3 Å². The summed E-state index contributed by atoms with van der Waals surface area (Å²) in [5.74, 6) is 1.48. The fraction of sp³-hybridized carbons (Fsp3) is 0.933. The van der Waals surface area contributed by atoms with E-state index in [2.05, 4.69) is 14.8 Å². The number of likely N-dealkylation sites (tertiary alicyclic amines) is 2. The molecular weight excluding hydrogens is 379 g/mol. The van der Waals surface area contributed by atoms with Gasteiger partial charge in [-0.15, -0.1) is 24.0 Å². The van der Waals surface area contributed by atoms with Crippen LogP contribution in [0.3, 0.4) is 0 Å². The largest absolute Gasteiger partial charge is 0.383 e. The van der Waals surface area contributed by atoms with Gasteiger partial charge in [-0.1, -0.05) is 0 Å². The molecule has 21 heavy (non-hydrogen) atoms. The number of methoxy groups -OCH3 is 1. The number of ether oxygens (including phenoxy) is 1. The minimum Gasteiger partial charge on any atom is -0.383 e. The van der Waals surface area contributed by atoms with Gasteiger partial charge in [0.1, 0.15) is 0 Å². The number of guanidine groups is 1. The van der Waals surface area contributed by atoms with Crippen LogP contribution in [0.1, 0.15) is 32.1 Å². The van der Waals surface area contributed by atoms with Crippen LogP contribution in [-0.4, -0.2) is 68.7 Å². The Morgan fingerprint density at radius 1 is 1.14 bits per heavy atom. The molecule has 0 aliphatic carbocycles. The number of nitrogens with zero attached hydrogens (tertiary/aromatic N) is 3. The molecule has 0 amide bonds. The first kappa shape index (κ1) is 19.0. The first-order valence-corrected chi connectivity index (χ1v) is 8.05. The molecule has 2 rings (SSSR count). The van der Waals surface area contributed by atoms with E-state index in [9.17, 15) is 0 Å². The van der Waals surface area contributed by atoms with Gasteiger partial charge in [-0.2, -0.15) is 0 Å². The molecule has 0 bridgehead atoms. The standard InChI is InChI=1S/C15H30N4O.HI/c1-20-12-11-18-9-5-14(6-10-18)13-17-15(16)19-7-3-2-4-8-19;/h14H,2-13H2,1H3,(H2,16,17);1H. The molecule has 124 valence electrons. The van der Waals surface area contributed by atoms with Gasteiger partial charge in [-0.05, 0) is 51.1 Å². The van der Waals surface area contributed by atoms with Gasteiger partial charge < -0.3 is 20.3 Å². The summed E-state index contributed by atoms with van der Waals surface area (Å²) in [5, 5.41) is 0. The Hall–Kier alpha value is -0.0800. The zero-order valence-electron chi connectivity index (χ0n) is 13.3. The zero-order valence-corrected chi connectivity index (χ0v) is 15.6. The van der Waals surface area contributed by atoms with Gasteiger partial charge in [-0.25, -0.2) is 0 Å². The lowest BCUT2D eigenvalue weighted by atomic mass is 9.97. The van der Waals surface area contributed by atoms with Crippen molar-refractivity contribution in [2.75, 3.05) is 53.0 Å². The van der Waals surface area contributed by atoms with Crippen LogP contribution in [0.2, 0.25) is 0 Å². The van der Waals surface area contributed by atoms with E-state index in [-0.39, 0.29) is 24.0 Å². The first-order valence-electron chi connectivity index (χ1n) is 8.05. The smallest absolute Gasteiger partial charge is 0.191 e. The Morgan fingerprint density at radius 3 is 2.43 bits per heavy atom. The molecule has 0 spiro atoms. The molecular formula is C15H31IN4O. The molecule has 0 aromatic carbocycles. The molecule has 5 nitrogen and oxygen atoms in total. The molecule has 2 aliphatic rings. The SMILES string of the molecule is COCCN1CCC(CN=C(N)N2CCCCC2)CC1.I. The molecule has 2 N–H and O–H groups in total. The fourth-order valence-corrected chi connectivity index (χ4v) is 3.06. The summed E-state index contributed by atoms with van der Waals surface area (Å²) in [6.45, 7) is 7.32. The van der Waals surface area contributed by atoms with Crippen molar-refractivity contribution in [3.63, 3.8) is 0 Å². The van der Waals surface area contributed by atoms with Crippen LogP contribution < -0.4 is 5.73 Å². The highest BCUT2D eigenvalue weighted by atomic mass is 127. The summed E-state index contributed by atoms with van der Waals surface area (Å²) in [4.78, 5) is 9.37. The van der Waals surface area contributed by atoms with Crippen LogP contribution in [0.4, 0.5) is 0 Å². The average Bonchev–Trinajstić information content (AvgIpc) is 2.52. The van der Waals surface area contributed by atoms with Crippen molar-refractivity contribution in [1.29, 1.82) is 0 Å². The quantitative estimate of drug-likeness (QED) is 0.427. The van der Waals surface area contributed by atoms with Crippen LogP contribution in [0.5, 0.6) is 0 Å². The van der Waals surface area contributed by atoms with E-state index in [0.29, 0.717) is 5.92 Å². The molecule has 0 aromatic rings. The van der Waals surface area contributed by atoms with E-state index in [1.165, 1.54) is 45.2 Å². The normalized spacial score (nSPS) is 22.1. The third-order valence-corrected chi connectivity index (χ3v) is 4.51. The minimum atomic E-state index is 0. The fourth-order valence-electron chi connectivity index (χ4n) is 3.06. The van der Waals surface area contributed by atoms with Crippen LogP contribution in [0, 0.1) is 5.92 Å². The Morgan fingerprint density at radius 2 is 1.81 bits per heavy atom. The Kier molecular flexibility index (Phi) is 9.59. The number of halogens is 1. The highest BCUT2D eigenvalue weighted by molar-refractivity contribution is 14.0. The third-order valence-electron chi connectivity index (χ3n) is 4.51. The van der Waals surface area contributed by atoms with Crippen molar-refractivity contribution in [2.24, 2.45) is 16.6 Å². The van der Waals surface area contributed by atoms with Gasteiger partial charge >= 0.3 is 0 Å². The van der Waals surface area contributed by atoms with E-state index in [1.807, 2.05) is 0 Å². The maximum Gasteiger partial charge on any atom is 0.191 e. The predicted molar refractivity (Wildman–Crippen MR) is 98.4 cm³/mol. The second kappa shape index (κ2) is 10.6. The Labute approximate surface area is 146 Å². The number of piperidine rings is 2. The summed E-state index contributed by atoms with van der Waals surface area (Å²) in [7, 11) is 1.77. The van der Waals surface area contributed by atoms with Gasteiger partial charge in [0.2, 0.25) is 0 Å². The first-order chi connectivity index (χ1) is 9.79. The summed E-state index contributed by atoms with van der Waals surface area (Å²) in [6, 6.07) is 0. The van der Waals surface area contributed by atoms with Crippen LogP contribution in [0.25, 0.3) is 0 Å². The Balaban J connectivity index is 0.00000220. The van der Waals surface area contributed by atoms with Crippen molar-refractivity contribution in [3.8, 4) is 0 Å². The number of nitrogens with two attached hydrogens (primary N) is 1. The van der Waals surface area contributed by atoms with E-state index >= 15 is 0 Å². The average molecular weight is 410 g/mol. The van der Waals surface area contributed by atoms with Crippen molar-refractivity contribution >= 4 is 29.9 Å². The molecule has 6 heteroatoms. The summed E-state index contributed by atoms with van der Waals surface area (Å²) < 4.78 is 5.13. The predicted octanol–water partition coefficient (Wildman–Crippen LogP) is 1.76. The van der Waals surface area contributed by atoms with E-state index in [0.717, 1.165) is 38.7 Å². The second-order valence-corrected chi connectivity index (χ2v) is 6.02. The maximum atomic E-state index is 6.11. The monoisotopic (exact) mass is 410 g/mol. The maximum absolute atomic E-state index is 6.11. The summed E-state index contributed by atoms with van der Waals surface area (Å²) in [6.07, 6.45) is 6.33.